The van der Waals surface area contributed by atoms with Gasteiger partial charge in [-0.25, -0.2) is 0 Å². The summed E-state index contributed by atoms with van der Waals surface area (Å²) in [5.74, 6) is -0.409. The summed E-state index contributed by atoms with van der Waals surface area (Å²) >= 11 is 12.6. The van der Waals surface area contributed by atoms with Crippen molar-refractivity contribution in [3.8, 4) is 0 Å². The van der Waals surface area contributed by atoms with Crippen LogP contribution >= 0.6 is 35.6 Å². The SMILES string of the molecule is CCOC(=O)CCCN1C(=O)C(=Cc2ccccc2Cl)SC1=S. The number of carbonyl (C=O) groups is 2. The van der Waals surface area contributed by atoms with Gasteiger partial charge in [0.05, 0.1) is 11.5 Å². The lowest BCUT2D eigenvalue weighted by molar-refractivity contribution is -0.143. The third kappa shape index (κ3) is 4.80. The quantitative estimate of drug-likeness (QED) is 0.432. The normalized spacial score (nSPS) is 16.3. The summed E-state index contributed by atoms with van der Waals surface area (Å²) in [5, 5.41) is 0.583. The molecule has 2 rings (SSSR count). The number of nitrogens with zero attached hydrogens (tertiary/aromatic N) is 1. The number of hydrogen-bond donors (Lipinski definition) is 0. The van der Waals surface area contributed by atoms with Gasteiger partial charge in [-0.3, -0.25) is 14.5 Å². The van der Waals surface area contributed by atoms with Gasteiger partial charge >= 0.3 is 5.97 Å². The van der Waals surface area contributed by atoms with Crippen molar-refractivity contribution in [2.45, 2.75) is 19.8 Å². The number of hydrogen-bond acceptors (Lipinski definition) is 5. The largest absolute Gasteiger partial charge is 0.466 e. The molecule has 0 aliphatic carbocycles. The Morgan fingerprint density at radius 3 is 2.87 bits per heavy atom. The Morgan fingerprint density at radius 1 is 1.43 bits per heavy atom. The molecule has 1 saturated heterocycles. The second-order valence-electron chi connectivity index (χ2n) is 4.76. The van der Waals surface area contributed by atoms with Crippen LogP contribution in [0, 0.1) is 0 Å². The number of halogens is 1. The molecule has 122 valence electrons. The predicted molar refractivity (Wildman–Crippen MR) is 97.2 cm³/mol. The van der Waals surface area contributed by atoms with Gasteiger partial charge < -0.3 is 4.74 Å². The fraction of sp³-hybridized carbons (Fsp3) is 0.312. The van der Waals surface area contributed by atoms with Crippen molar-refractivity contribution in [3.63, 3.8) is 0 Å². The van der Waals surface area contributed by atoms with Crippen LogP contribution in [0.1, 0.15) is 25.3 Å². The molecule has 1 heterocycles. The molecule has 1 aromatic carbocycles. The lowest BCUT2D eigenvalue weighted by atomic mass is 10.2. The highest BCUT2D eigenvalue weighted by Crippen LogP contribution is 2.33. The van der Waals surface area contributed by atoms with E-state index in [0.717, 1.165) is 5.56 Å². The van der Waals surface area contributed by atoms with Gasteiger partial charge in [-0.2, -0.15) is 0 Å². The summed E-state index contributed by atoms with van der Waals surface area (Å²) < 4.78 is 5.36. The van der Waals surface area contributed by atoms with E-state index < -0.39 is 0 Å². The molecule has 0 unspecified atom stereocenters. The van der Waals surface area contributed by atoms with Gasteiger partial charge in [-0.05, 0) is 31.1 Å². The Bertz CT molecular complexity index is 660. The predicted octanol–water partition coefficient (Wildman–Crippen LogP) is 3.88. The Morgan fingerprint density at radius 2 is 2.17 bits per heavy atom. The monoisotopic (exact) mass is 369 g/mol. The zero-order valence-corrected chi connectivity index (χ0v) is 15.0. The summed E-state index contributed by atoms with van der Waals surface area (Å²) in [5.41, 5.74) is 0.779. The minimum absolute atomic E-state index is 0.149. The van der Waals surface area contributed by atoms with Gasteiger partial charge in [-0.1, -0.05) is 53.8 Å². The van der Waals surface area contributed by atoms with Crippen LogP contribution in [0.2, 0.25) is 5.02 Å². The molecule has 1 aliphatic heterocycles. The molecule has 0 aromatic heterocycles. The van der Waals surface area contributed by atoms with E-state index in [9.17, 15) is 9.59 Å². The molecule has 0 N–H and O–H groups in total. The van der Waals surface area contributed by atoms with Crippen LogP contribution in [-0.2, 0) is 14.3 Å². The second-order valence-corrected chi connectivity index (χ2v) is 6.85. The van der Waals surface area contributed by atoms with E-state index in [0.29, 0.717) is 33.8 Å². The summed E-state index contributed by atoms with van der Waals surface area (Å²) in [6.45, 7) is 2.53. The Hall–Kier alpha value is -1.37. The first kappa shape index (κ1) is 18.0. The maximum atomic E-state index is 12.4. The zero-order chi connectivity index (χ0) is 16.8. The first-order chi connectivity index (χ1) is 11.0. The number of amides is 1. The molecule has 1 amide bonds. The molecule has 1 aliphatic rings. The van der Waals surface area contributed by atoms with Crippen molar-refractivity contribution in [2.24, 2.45) is 0 Å². The number of ether oxygens (including phenoxy) is 1. The van der Waals surface area contributed by atoms with Gasteiger partial charge in [0.15, 0.2) is 0 Å². The Labute approximate surface area is 149 Å². The van der Waals surface area contributed by atoms with Crippen LogP contribution in [0.5, 0.6) is 0 Å². The third-order valence-corrected chi connectivity index (χ3v) is 4.86. The summed E-state index contributed by atoms with van der Waals surface area (Å²) in [6.07, 6.45) is 2.53. The molecular formula is C16H16ClNO3S2. The summed E-state index contributed by atoms with van der Waals surface area (Å²) in [4.78, 5) is 25.8. The van der Waals surface area contributed by atoms with E-state index >= 15 is 0 Å². The van der Waals surface area contributed by atoms with Gasteiger partial charge in [0.25, 0.3) is 5.91 Å². The Kier molecular flexibility index (Phi) is 6.62. The molecule has 0 radical (unpaired) electrons. The van der Waals surface area contributed by atoms with Gasteiger partial charge in [0, 0.05) is 18.0 Å². The molecular weight excluding hydrogens is 354 g/mol. The maximum Gasteiger partial charge on any atom is 0.305 e. The van der Waals surface area contributed by atoms with Crippen LogP contribution in [0.15, 0.2) is 29.2 Å². The topological polar surface area (TPSA) is 46.6 Å². The van der Waals surface area contributed by atoms with E-state index in [2.05, 4.69) is 0 Å². The fourth-order valence-electron chi connectivity index (χ4n) is 2.04. The van der Waals surface area contributed by atoms with Crippen LogP contribution < -0.4 is 0 Å². The van der Waals surface area contributed by atoms with E-state index in [-0.39, 0.29) is 18.3 Å². The van der Waals surface area contributed by atoms with Crippen LogP contribution in [0.25, 0.3) is 6.08 Å². The zero-order valence-electron chi connectivity index (χ0n) is 12.6. The standard InChI is InChI=1S/C16H16ClNO3S2/c1-2-21-14(19)8-5-9-18-15(20)13(23-16(18)22)10-11-6-3-4-7-12(11)17/h3-4,6-7,10H,2,5,8-9H2,1H3. The minimum Gasteiger partial charge on any atom is -0.466 e. The summed E-state index contributed by atoms with van der Waals surface area (Å²) in [7, 11) is 0. The fourth-order valence-corrected chi connectivity index (χ4v) is 3.53. The van der Waals surface area contributed by atoms with E-state index in [1.807, 2.05) is 18.2 Å². The smallest absolute Gasteiger partial charge is 0.305 e. The highest BCUT2D eigenvalue weighted by molar-refractivity contribution is 8.26. The lowest BCUT2D eigenvalue weighted by Crippen LogP contribution is -2.29. The molecule has 0 spiro atoms. The molecule has 0 saturated carbocycles. The average molecular weight is 370 g/mol. The minimum atomic E-state index is -0.260. The molecule has 0 bridgehead atoms. The number of esters is 1. The lowest BCUT2D eigenvalue weighted by Gasteiger charge is -2.13. The van der Waals surface area contributed by atoms with Crippen molar-refractivity contribution in [3.05, 3.63) is 39.8 Å². The van der Waals surface area contributed by atoms with E-state index in [1.54, 1.807) is 19.1 Å². The van der Waals surface area contributed by atoms with Crippen LogP contribution in [0.3, 0.4) is 0 Å². The van der Waals surface area contributed by atoms with Crippen molar-refractivity contribution >= 4 is 57.9 Å². The molecule has 4 nitrogen and oxygen atoms in total. The number of carbonyl (C=O) groups excluding carboxylic acids is 2. The first-order valence-corrected chi connectivity index (χ1v) is 8.78. The highest BCUT2D eigenvalue weighted by Gasteiger charge is 2.31. The van der Waals surface area contributed by atoms with Crippen LogP contribution in [-0.4, -0.2) is 34.2 Å². The molecule has 1 aromatic rings. The summed E-state index contributed by atoms with van der Waals surface area (Å²) in [6, 6.07) is 7.31. The highest BCUT2D eigenvalue weighted by atomic mass is 35.5. The number of thiocarbonyl (C=S) groups is 1. The van der Waals surface area contributed by atoms with Gasteiger partial charge in [0.1, 0.15) is 4.32 Å². The van der Waals surface area contributed by atoms with Gasteiger partial charge in [-0.15, -0.1) is 0 Å². The second kappa shape index (κ2) is 8.47. The Balaban J connectivity index is 2.00. The third-order valence-electron chi connectivity index (χ3n) is 3.13. The van der Waals surface area contributed by atoms with Crippen LogP contribution in [0.4, 0.5) is 0 Å². The van der Waals surface area contributed by atoms with Crippen molar-refractivity contribution in [1.82, 2.24) is 4.90 Å². The van der Waals surface area contributed by atoms with E-state index in [4.69, 9.17) is 28.6 Å². The van der Waals surface area contributed by atoms with Crippen molar-refractivity contribution in [1.29, 1.82) is 0 Å². The van der Waals surface area contributed by atoms with Crippen molar-refractivity contribution in [2.75, 3.05) is 13.2 Å². The number of rotatable bonds is 6. The molecule has 0 atom stereocenters. The van der Waals surface area contributed by atoms with Crippen molar-refractivity contribution < 1.29 is 14.3 Å². The van der Waals surface area contributed by atoms with Gasteiger partial charge in [0.2, 0.25) is 0 Å². The molecule has 23 heavy (non-hydrogen) atoms. The number of benzene rings is 1. The van der Waals surface area contributed by atoms with E-state index in [1.165, 1.54) is 16.7 Å². The maximum absolute atomic E-state index is 12.4. The molecule has 7 heteroatoms. The molecule has 1 fully saturated rings. The average Bonchev–Trinajstić information content (AvgIpc) is 2.77. The number of thioether (sulfide) groups is 1. The first-order valence-electron chi connectivity index (χ1n) is 7.18.